The molecule has 0 fully saturated rings. The number of halogens is 1. The molecule has 0 bridgehead atoms. The first-order chi connectivity index (χ1) is 9.60. The van der Waals surface area contributed by atoms with E-state index in [1.54, 1.807) is 0 Å². The highest BCUT2D eigenvalue weighted by molar-refractivity contribution is 9.10. The molecule has 1 aromatic carbocycles. The van der Waals surface area contributed by atoms with Crippen LogP contribution in [0.5, 0.6) is 0 Å². The summed E-state index contributed by atoms with van der Waals surface area (Å²) in [5, 5.41) is 0. The lowest BCUT2D eigenvalue weighted by Crippen LogP contribution is -2.06. The Morgan fingerprint density at radius 1 is 1.30 bits per heavy atom. The number of benzene rings is 1. The van der Waals surface area contributed by atoms with Crippen LogP contribution in [0.25, 0.3) is 11.3 Å². The molecule has 0 spiro atoms. The third-order valence-electron chi connectivity index (χ3n) is 2.83. The molecular weight excluding hydrogens is 320 g/mol. The zero-order valence-electron chi connectivity index (χ0n) is 11.4. The second kappa shape index (κ2) is 6.61. The fourth-order valence-electron chi connectivity index (χ4n) is 1.86. The number of aromatic nitrogens is 2. The summed E-state index contributed by atoms with van der Waals surface area (Å²) in [7, 11) is 1.38. The van der Waals surface area contributed by atoms with E-state index in [9.17, 15) is 4.79 Å². The van der Waals surface area contributed by atoms with Crippen molar-refractivity contribution in [3.63, 3.8) is 0 Å². The molecule has 5 heteroatoms. The van der Waals surface area contributed by atoms with Gasteiger partial charge in [0.1, 0.15) is 5.82 Å². The maximum atomic E-state index is 11.2. The van der Waals surface area contributed by atoms with Gasteiger partial charge in [0.15, 0.2) is 0 Å². The number of hydrogen-bond acceptors (Lipinski definition) is 4. The Morgan fingerprint density at radius 2 is 2.05 bits per heavy atom. The third kappa shape index (κ3) is 3.63. The SMILES string of the molecule is COC(=O)CCc1nc(C)cc(-c2ccccc2Br)n1. The fraction of sp³-hybridized carbons (Fsp3) is 0.267. The zero-order valence-corrected chi connectivity index (χ0v) is 13.0. The summed E-state index contributed by atoms with van der Waals surface area (Å²) in [5.41, 5.74) is 2.74. The number of carbonyl (C=O) groups excluding carboxylic acids is 1. The number of hydrogen-bond donors (Lipinski definition) is 0. The average Bonchev–Trinajstić information content (AvgIpc) is 2.44. The van der Waals surface area contributed by atoms with Crippen LogP contribution in [0.4, 0.5) is 0 Å². The van der Waals surface area contributed by atoms with E-state index in [1.807, 2.05) is 37.3 Å². The summed E-state index contributed by atoms with van der Waals surface area (Å²) in [6.45, 7) is 1.92. The van der Waals surface area contributed by atoms with Crippen molar-refractivity contribution in [2.45, 2.75) is 19.8 Å². The monoisotopic (exact) mass is 334 g/mol. The Bertz CT molecular complexity index is 629. The molecule has 0 atom stereocenters. The number of rotatable bonds is 4. The summed E-state index contributed by atoms with van der Waals surface area (Å²) in [6.07, 6.45) is 0.765. The van der Waals surface area contributed by atoms with E-state index in [2.05, 4.69) is 30.6 Å². The summed E-state index contributed by atoms with van der Waals surface area (Å²) in [6, 6.07) is 9.82. The Morgan fingerprint density at radius 3 is 2.75 bits per heavy atom. The van der Waals surface area contributed by atoms with E-state index in [0.29, 0.717) is 12.2 Å². The van der Waals surface area contributed by atoms with Gasteiger partial charge in [-0.15, -0.1) is 0 Å². The van der Waals surface area contributed by atoms with Gasteiger partial charge >= 0.3 is 5.97 Å². The Balaban J connectivity index is 2.29. The highest BCUT2D eigenvalue weighted by Gasteiger charge is 2.09. The molecular formula is C15H15BrN2O2. The van der Waals surface area contributed by atoms with Crippen LogP contribution in [0, 0.1) is 6.92 Å². The fourth-order valence-corrected chi connectivity index (χ4v) is 2.35. The molecule has 0 radical (unpaired) electrons. The van der Waals surface area contributed by atoms with Crippen molar-refractivity contribution in [2.75, 3.05) is 7.11 Å². The van der Waals surface area contributed by atoms with Gasteiger partial charge in [-0.1, -0.05) is 34.1 Å². The number of methoxy groups -OCH3 is 1. The van der Waals surface area contributed by atoms with Crippen molar-refractivity contribution in [3.05, 3.63) is 46.3 Å². The predicted octanol–water partition coefficient (Wildman–Crippen LogP) is 3.32. The van der Waals surface area contributed by atoms with Crippen LogP contribution in [0.2, 0.25) is 0 Å². The van der Waals surface area contributed by atoms with E-state index >= 15 is 0 Å². The highest BCUT2D eigenvalue weighted by Crippen LogP contribution is 2.26. The molecule has 2 aromatic rings. The predicted molar refractivity (Wildman–Crippen MR) is 80.2 cm³/mol. The lowest BCUT2D eigenvalue weighted by molar-refractivity contribution is -0.140. The molecule has 20 heavy (non-hydrogen) atoms. The molecule has 4 nitrogen and oxygen atoms in total. The van der Waals surface area contributed by atoms with E-state index in [0.717, 1.165) is 21.4 Å². The minimum atomic E-state index is -0.252. The average molecular weight is 335 g/mol. The molecule has 0 N–H and O–H groups in total. The van der Waals surface area contributed by atoms with Gasteiger partial charge in [-0.25, -0.2) is 9.97 Å². The van der Waals surface area contributed by atoms with Crippen molar-refractivity contribution >= 4 is 21.9 Å². The van der Waals surface area contributed by atoms with Crippen LogP contribution >= 0.6 is 15.9 Å². The van der Waals surface area contributed by atoms with Crippen LogP contribution in [0.3, 0.4) is 0 Å². The number of nitrogens with zero attached hydrogens (tertiary/aromatic N) is 2. The Labute approximate surface area is 126 Å². The highest BCUT2D eigenvalue weighted by atomic mass is 79.9. The lowest BCUT2D eigenvalue weighted by atomic mass is 10.1. The molecule has 0 saturated carbocycles. The number of ether oxygens (including phenoxy) is 1. The van der Waals surface area contributed by atoms with E-state index in [-0.39, 0.29) is 12.4 Å². The van der Waals surface area contributed by atoms with Crippen molar-refractivity contribution in [1.29, 1.82) is 0 Å². The summed E-state index contributed by atoms with van der Waals surface area (Å²) < 4.78 is 5.62. The topological polar surface area (TPSA) is 52.1 Å². The van der Waals surface area contributed by atoms with Gasteiger partial charge in [0.25, 0.3) is 0 Å². The lowest BCUT2D eigenvalue weighted by Gasteiger charge is -2.07. The van der Waals surface area contributed by atoms with Gasteiger partial charge in [0, 0.05) is 22.2 Å². The van der Waals surface area contributed by atoms with Crippen molar-refractivity contribution in [3.8, 4) is 11.3 Å². The number of aryl methyl sites for hydroxylation is 2. The van der Waals surface area contributed by atoms with Gasteiger partial charge in [-0.3, -0.25) is 4.79 Å². The molecule has 1 aromatic heterocycles. The van der Waals surface area contributed by atoms with Crippen molar-refractivity contribution in [1.82, 2.24) is 9.97 Å². The quantitative estimate of drug-likeness (QED) is 0.805. The van der Waals surface area contributed by atoms with Crippen LogP contribution in [0.1, 0.15) is 17.9 Å². The molecule has 0 saturated heterocycles. The van der Waals surface area contributed by atoms with Crippen LogP contribution in [-0.4, -0.2) is 23.0 Å². The molecule has 0 amide bonds. The summed E-state index contributed by atoms with van der Waals surface area (Å²) >= 11 is 3.52. The van der Waals surface area contributed by atoms with Gasteiger partial charge in [-0.2, -0.15) is 0 Å². The van der Waals surface area contributed by atoms with E-state index < -0.39 is 0 Å². The summed E-state index contributed by atoms with van der Waals surface area (Å²) in [5.74, 6) is 0.402. The second-order valence-corrected chi connectivity index (χ2v) is 5.22. The van der Waals surface area contributed by atoms with E-state index in [1.165, 1.54) is 7.11 Å². The molecule has 0 aliphatic carbocycles. The minimum absolute atomic E-state index is 0.252. The van der Waals surface area contributed by atoms with Crippen LogP contribution < -0.4 is 0 Å². The van der Waals surface area contributed by atoms with Gasteiger partial charge in [-0.05, 0) is 19.1 Å². The van der Waals surface area contributed by atoms with Crippen molar-refractivity contribution < 1.29 is 9.53 Å². The Hall–Kier alpha value is -1.75. The van der Waals surface area contributed by atoms with Gasteiger partial charge in [0.2, 0.25) is 0 Å². The van der Waals surface area contributed by atoms with Gasteiger partial charge in [0.05, 0.1) is 19.2 Å². The summed E-state index contributed by atoms with van der Waals surface area (Å²) in [4.78, 5) is 20.1. The molecule has 0 aliphatic rings. The third-order valence-corrected chi connectivity index (χ3v) is 3.52. The molecule has 104 valence electrons. The Kier molecular flexibility index (Phi) is 4.84. The molecule has 2 rings (SSSR count). The van der Waals surface area contributed by atoms with E-state index in [4.69, 9.17) is 0 Å². The molecule has 1 heterocycles. The standard InChI is InChI=1S/C15H15BrN2O2/c1-10-9-13(11-5-3-4-6-12(11)16)18-14(17-10)7-8-15(19)20-2/h3-6,9H,7-8H2,1-2H3. The first-order valence-electron chi connectivity index (χ1n) is 6.26. The minimum Gasteiger partial charge on any atom is -0.469 e. The van der Waals surface area contributed by atoms with Crippen LogP contribution in [0.15, 0.2) is 34.8 Å². The van der Waals surface area contributed by atoms with Gasteiger partial charge < -0.3 is 4.74 Å². The van der Waals surface area contributed by atoms with Crippen molar-refractivity contribution in [2.24, 2.45) is 0 Å². The molecule has 0 aliphatic heterocycles. The zero-order chi connectivity index (χ0) is 14.5. The number of esters is 1. The maximum absolute atomic E-state index is 11.2. The maximum Gasteiger partial charge on any atom is 0.305 e. The molecule has 0 unspecified atom stereocenters. The second-order valence-electron chi connectivity index (χ2n) is 4.37. The smallest absolute Gasteiger partial charge is 0.305 e. The number of carbonyl (C=O) groups is 1. The largest absolute Gasteiger partial charge is 0.469 e. The normalized spacial score (nSPS) is 10.3. The first kappa shape index (κ1) is 14.7. The van der Waals surface area contributed by atoms with Crippen LogP contribution in [-0.2, 0) is 16.0 Å². The first-order valence-corrected chi connectivity index (χ1v) is 7.05.